The van der Waals surface area contributed by atoms with Gasteiger partial charge in [0.15, 0.2) is 0 Å². The molecule has 174 valence electrons. The first kappa shape index (κ1) is 21.6. The molecule has 3 aromatic rings. The molecule has 1 atom stereocenters. The molecule has 1 saturated heterocycles. The Morgan fingerprint density at radius 2 is 1.79 bits per heavy atom. The van der Waals surface area contributed by atoms with Crippen LogP contribution in [-0.4, -0.2) is 48.1 Å². The summed E-state index contributed by atoms with van der Waals surface area (Å²) in [5, 5.41) is 9.26. The molecule has 1 unspecified atom stereocenters. The van der Waals surface area contributed by atoms with Gasteiger partial charge in [-0.15, -0.1) is 0 Å². The summed E-state index contributed by atoms with van der Waals surface area (Å²) >= 11 is 0. The van der Waals surface area contributed by atoms with E-state index in [1.54, 1.807) is 16.7 Å². The van der Waals surface area contributed by atoms with Crippen molar-refractivity contribution in [2.45, 2.75) is 25.4 Å². The minimum Gasteiger partial charge on any atom is -0.475 e. The zero-order chi connectivity index (χ0) is 23.2. The van der Waals surface area contributed by atoms with Crippen LogP contribution < -0.4 is 4.90 Å². The van der Waals surface area contributed by atoms with Crippen LogP contribution in [0.1, 0.15) is 28.2 Å². The van der Waals surface area contributed by atoms with Gasteiger partial charge in [0.05, 0.1) is 24.8 Å². The lowest BCUT2D eigenvalue weighted by Gasteiger charge is -2.29. The third-order valence-electron chi connectivity index (χ3n) is 6.41. The van der Waals surface area contributed by atoms with Gasteiger partial charge in [-0.3, -0.25) is 4.57 Å². The van der Waals surface area contributed by atoms with Crippen LogP contribution in [0.3, 0.4) is 0 Å². The van der Waals surface area contributed by atoms with Crippen LogP contribution in [0, 0.1) is 5.92 Å². The van der Waals surface area contributed by atoms with E-state index < -0.39 is 18.1 Å². The lowest BCUT2D eigenvalue weighted by atomic mass is 9.87. The Bertz CT molecular complexity index is 1160. The molecule has 6 nitrogen and oxygen atoms in total. The smallest absolute Gasteiger partial charge is 0.392 e. The van der Waals surface area contributed by atoms with Crippen molar-refractivity contribution in [3.8, 4) is 17.1 Å². The standard InChI is InChI=1S/C24H23F3N2O4/c25-24(26,27)17-3-6-19-16(13-17)14-20(29(19)22-8-7-21(33-22)23(30)31)15-1-4-18(5-2-15)28-9-11-32-12-10-28/h1-2,4-5,7-8,14,17H,3,6,9-13H2,(H,30,31). The maximum absolute atomic E-state index is 13.4. The number of fused-ring (bicyclic) bond motifs is 1. The summed E-state index contributed by atoms with van der Waals surface area (Å²) in [5.74, 6) is -2.52. The highest BCUT2D eigenvalue weighted by atomic mass is 19.4. The van der Waals surface area contributed by atoms with Gasteiger partial charge in [0, 0.05) is 30.5 Å². The van der Waals surface area contributed by atoms with Gasteiger partial charge in [-0.1, -0.05) is 12.1 Å². The van der Waals surface area contributed by atoms with E-state index in [2.05, 4.69) is 4.90 Å². The molecule has 0 bridgehead atoms. The highest BCUT2D eigenvalue weighted by molar-refractivity contribution is 5.84. The highest BCUT2D eigenvalue weighted by Crippen LogP contribution is 2.41. The van der Waals surface area contributed by atoms with Crippen molar-refractivity contribution < 1.29 is 32.2 Å². The second kappa shape index (κ2) is 8.30. The van der Waals surface area contributed by atoms with Crippen molar-refractivity contribution in [2.24, 2.45) is 5.92 Å². The van der Waals surface area contributed by atoms with E-state index in [4.69, 9.17) is 9.15 Å². The number of aromatic carboxylic acids is 1. The second-order valence-electron chi connectivity index (χ2n) is 8.41. The Morgan fingerprint density at radius 3 is 2.42 bits per heavy atom. The largest absolute Gasteiger partial charge is 0.475 e. The quantitative estimate of drug-likeness (QED) is 0.598. The van der Waals surface area contributed by atoms with E-state index in [9.17, 15) is 23.1 Å². The number of rotatable bonds is 4. The number of halogens is 3. The van der Waals surface area contributed by atoms with Crippen LogP contribution in [0.2, 0.25) is 0 Å². The van der Waals surface area contributed by atoms with E-state index >= 15 is 0 Å². The van der Waals surface area contributed by atoms with Crippen LogP contribution in [0.25, 0.3) is 17.1 Å². The summed E-state index contributed by atoms with van der Waals surface area (Å²) < 4.78 is 52.9. The van der Waals surface area contributed by atoms with Crippen LogP contribution in [0.4, 0.5) is 18.9 Å². The molecule has 0 amide bonds. The molecule has 2 aliphatic rings. The van der Waals surface area contributed by atoms with Crippen LogP contribution in [-0.2, 0) is 17.6 Å². The average Bonchev–Trinajstić information content (AvgIpc) is 3.43. The normalized spacial score (nSPS) is 18.9. The first-order valence-corrected chi connectivity index (χ1v) is 10.9. The molecular formula is C24H23F3N2O4. The van der Waals surface area contributed by atoms with E-state index in [0.29, 0.717) is 24.5 Å². The molecule has 1 fully saturated rings. The van der Waals surface area contributed by atoms with Crippen LogP contribution in [0.15, 0.2) is 46.9 Å². The fourth-order valence-electron chi connectivity index (χ4n) is 4.70. The molecule has 1 aliphatic heterocycles. The zero-order valence-corrected chi connectivity index (χ0v) is 17.8. The number of hydrogen-bond acceptors (Lipinski definition) is 4. The molecule has 9 heteroatoms. The zero-order valence-electron chi connectivity index (χ0n) is 17.8. The summed E-state index contributed by atoms with van der Waals surface area (Å²) in [6.45, 7) is 2.94. The first-order chi connectivity index (χ1) is 15.8. The number of benzene rings is 1. The molecule has 5 rings (SSSR count). The SMILES string of the molecule is O=C(O)c1ccc(-n2c(-c3ccc(N4CCOCC4)cc3)cc3c2CCC(C(F)(F)F)C3)o1. The van der Waals surface area contributed by atoms with Crippen LogP contribution >= 0.6 is 0 Å². The number of anilines is 1. The van der Waals surface area contributed by atoms with Gasteiger partial charge in [-0.25, -0.2) is 4.79 Å². The Kier molecular flexibility index (Phi) is 5.44. The number of hydrogen-bond donors (Lipinski definition) is 1. The maximum Gasteiger partial charge on any atom is 0.392 e. The van der Waals surface area contributed by atoms with E-state index in [1.165, 1.54) is 6.07 Å². The summed E-state index contributed by atoms with van der Waals surface area (Å²) in [4.78, 5) is 13.5. The Hall–Kier alpha value is -3.20. The predicted molar refractivity (Wildman–Crippen MR) is 115 cm³/mol. The lowest BCUT2D eigenvalue weighted by molar-refractivity contribution is -0.177. The van der Waals surface area contributed by atoms with Gasteiger partial charge in [-0.2, -0.15) is 13.2 Å². The van der Waals surface area contributed by atoms with Gasteiger partial charge in [0.1, 0.15) is 0 Å². The molecule has 0 saturated carbocycles. The number of nitrogens with zero attached hydrogens (tertiary/aromatic N) is 2. The maximum atomic E-state index is 13.4. The van der Waals surface area contributed by atoms with E-state index in [1.807, 2.05) is 24.3 Å². The average molecular weight is 460 g/mol. The molecule has 1 aliphatic carbocycles. The van der Waals surface area contributed by atoms with Gasteiger partial charge < -0.3 is 19.2 Å². The summed E-state index contributed by atoms with van der Waals surface area (Å²) in [5.41, 5.74) is 3.90. The summed E-state index contributed by atoms with van der Waals surface area (Å²) in [6, 6.07) is 12.5. The molecule has 1 N–H and O–H groups in total. The molecule has 1 aromatic carbocycles. The fraction of sp³-hybridized carbons (Fsp3) is 0.375. The minimum atomic E-state index is -4.25. The third kappa shape index (κ3) is 4.13. The van der Waals surface area contributed by atoms with E-state index in [-0.39, 0.29) is 30.9 Å². The van der Waals surface area contributed by atoms with Crippen molar-refractivity contribution in [1.29, 1.82) is 0 Å². The number of carboxylic acids is 1. The molecule has 3 heterocycles. The fourth-order valence-corrected chi connectivity index (χ4v) is 4.70. The minimum absolute atomic E-state index is 0.0115. The van der Waals surface area contributed by atoms with Crippen LogP contribution in [0.5, 0.6) is 0 Å². The van der Waals surface area contributed by atoms with Crippen molar-refractivity contribution in [3.05, 3.63) is 59.5 Å². The van der Waals surface area contributed by atoms with Crippen molar-refractivity contribution in [2.75, 3.05) is 31.2 Å². The molecule has 33 heavy (non-hydrogen) atoms. The second-order valence-corrected chi connectivity index (χ2v) is 8.41. The van der Waals surface area contributed by atoms with Gasteiger partial charge in [0.25, 0.3) is 0 Å². The molecule has 0 radical (unpaired) electrons. The van der Waals surface area contributed by atoms with Gasteiger partial charge >= 0.3 is 12.1 Å². The van der Waals surface area contributed by atoms with Gasteiger partial charge in [-0.05, 0) is 54.7 Å². The third-order valence-corrected chi connectivity index (χ3v) is 6.41. The molecular weight excluding hydrogens is 437 g/mol. The predicted octanol–water partition coefficient (Wildman–Crippen LogP) is 4.94. The summed E-state index contributed by atoms with van der Waals surface area (Å²) in [6.07, 6.45) is -4.13. The topological polar surface area (TPSA) is 67.8 Å². The summed E-state index contributed by atoms with van der Waals surface area (Å²) in [7, 11) is 0. The van der Waals surface area contributed by atoms with Crippen molar-refractivity contribution >= 4 is 11.7 Å². The molecule has 2 aromatic heterocycles. The van der Waals surface area contributed by atoms with Gasteiger partial charge in [0.2, 0.25) is 11.6 Å². The number of carbonyl (C=O) groups is 1. The number of alkyl halides is 3. The number of morpholine rings is 1. The number of carboxylic acid groups (broad SMARTS) is 1. The number of ether oxygens (including phenoxy) is 1. The lowest BCUT2D eigenvalue weighted by Crippen LogP contribution is -2.36. The van der Waals surface area contributed by atoms with Crippen molar-refractivity contribution in [3.63, 3.8) is 0 Å². The highest BCUT2D eigenvalue weighted by Gasteiger charge is 2.42. The van der Waals surface area contributed by atoms with Crippen molar-refractivity contribution in [1.82, 2.24) is 4.57 Å². The molecule has 0 spiro atoms. The number of furan rings is 1. The Labute approximate surface area is 188 Å². The Morgan fingerprint density at radius 1 is 1.06 bits per heavy atom. The Balaban J connectivity index is 1.56. The monoisotopic (exact) mass is 460 g/mol. The van der Waals surface area contributed by atoms with E-state index in [0.717, 1.165) is 30.0 Å². The number of aromatic nitrogens is 1. The first-order valence-electron chi connectivity index (χ1n) is 10.9.